The fourth-order valence-corrected chi connectivity index (χ4v) is 9.56. The normalized spacial score (nSPS) is 25.5. The number of nitrogens with zero attached hydrogens (tertiary/aromatic N) is 5. The first-order valence-corrected chi connectivity index (χ1v) is 20.1. The van der Waals surface area contributed by atoms with Crippen molar-refractivity contribution in [3.63, 3.8) is 0 Å². The number of halogens is 4. The van der Waals surface area contributed by atoms with Gasteiger partial charge in [0.2, 0.25) is 17.7 Å². The van der Waals surface area contributed by atoms with E-state index in [2.05, 4.69) is 39.6 Å². The van der Waals surface area contributed by atoms with Crippen molar-refractivity contribution in [2.45, 2.75) is 115 Å². The average Bonchev–Trinajstić information content (AvgIpc) is 3.32. The van der Waals surface area contributed by atoms with E-state index in [-0.39, 0.29) is 77.9 Å². The van der Waals surface area contributed by atoms with Crippen molar-refractivity contribution in [2.75, 3.05) is 41.7 Å². The van der Waals surface area contributed by atoms with Crippen molar-refractivity contribution < 1.29 is 32.3 Å². The largest absolute Gasteiger partial charge is 0.417 e. The van der Waals surface area contributed by atoms with E-state index < -0.39 is 28.9 Å². The number of piperidine rings is 1. The molecular weight excluding hydrogens is 793 g/mol. The van der Waals surface area contributed by atoms with Crippen LogP contribution in [-0.2, 0) is 25.4 Å². The van der Waals surface area contributed by atoms with Crippen molar-refractivity contribution in [3.05, 3.63) is 53.6 Å². The van der Waals surface area contributed by atoms with Crippen molar-refractivity contribution in [2.24, 2.45) is 5.92 Å². The van der Waals surface area contributed by atoms with Crippen LogP contribution in [0.2, 0.25) is 0 Å². The number of carbonyl (C=O) groups is 4. The molecule has 3 atom stereocenters. The van der Waals surface area contributed by atoms with Crippen LogP contribution in [0.25, 0.3) is 0 Å². The SMILES string of the molecule is C[C@@H]1CN(CCCC2CCC(N3C(=S)N(c4ccc(C#N)c(C(F)(F)F)c4)C(=O)C3(C)C)CC2)C[C@H](C)N1CC(=O)Nc1cccc(NC2CCC(=O)NC2=O)c1.Cl. The number of hydrogen-bond acceptors (Lipinski definition) is 9. The number of carbonyl (C=O) groups excluding carboxylic acids is 4. The monoisotopic (exact) mass is 844 g/mol. The first-order valence-electron chi connectivity index (χ1n) is 19.7. The number of piperazine rings is 1. The van der Waals surface area contributed by atoms with E-state index in [0.717, 1.165) is 70.3 Å². The molecule has 3 heterocycles. The van der Waals surface area contributed by atoms with E-state index in [0.29, 0.717) is 23.7 Å². The van der Waals surface area contributed by atoms with Crippen molar-refractivity contribution in [1.29, 1.82) is 5.26 Å². The number of nitrogens with one attached hydrogen (secondary N) is 3. The van der Waals surface area contributed by atoms with E-state index in [4.69, 9.17) is 12.2 Å². The number of imide groups is 1. The molecule has 0 radical (unpaired) electrons. The van der Waals surface area contributed by atoms with Crippen LogP contribution in [0.15, 0.2) is 42.5 Å². The maximum absolute atomic E-state index is 13.7. The maximum atomic E-state index is 13.7. The lowest BCUT2D eigenvalue weighted by Gasteiger charge is -2.44. The Morgan fingerprint density at radius 2 is 1.67 bits per heavy atom. The number of rotatable bonds is 11. The number of hydrogen-bond donors (Lipinski definition) is 3. The summed E-state index contributed by atoms with van der Waals surface area (Å²) in [5, 5.41) is 17.9. The molecule has 4 fully saturated rings. The Morgan fingerprint density at radius 3 is 2.31 bits per heavy atom. The smallest absolute Gasteiger partial charge is 0.374 e. The van der Waals surface area contributed by atoms with E-state index in [1.165, 1.54) is 11.0 Å². The molecule has 4 amide bonds. The summed E-state index contributed by atoms with van der Waals surface area (Å²) in [6, 6.07) is 11.9. The second-order valence-corrected chi connectivity index (χ2v) is 16.8. The van der Waals surface area contributed by atoms with Gasteiger partial charge in [0, 0.05) is 49.0 Å². The third-order valence-electron chi connectivity index (χ3n) is 11.9. The van der Waals surface area contributed by atoms with E-state index in [1.54, 1.807) is 38.1 Å². The van der Waals surface area contributed by atoms with E-state index in [9.17, 15) is 37.6 Å². The van der Waals surface area contributed by atoms with Crippen molar-refractivity contribution in [3.8, 4) is 6.07 Å². The molecule has 2 aromatic rings. The summed E-state index contributed by atoms with van der Waals surface area (Å²) in [7, 11) is 0. The first-order chi connectivity index (χ1) is 27.0. The van der Waals surface area contributed by atoms with Gasteiger partial charge in [0.15, 0.2) is 5.11 Å². The molecule has 1 saturated carbocycles. The van der Waals surface area contributed by atoms with Crippen molar-refractivity contribution in [1.82, 2.24) is 20.0 Å². The maximum Gasteiger partial charge on any atom is 0.417 e. The van der Waals surface area contributed by atoms with E-state index >= 15 is 0 Å². The number of alkyl halides is 3. The topological polar surface area (TPSA) is 141 Å². The third-order valence-corrected chi connectivity index (χ3v) is 12.3. The highest BCUT2D eigenvalue weighted by atomic mass is 35.5. The summed E-state index contributed by atoms with van der Waals surface area (Å²) in [5.41, 5.74) is -1.31. The molecule has 0 aromatic heterocycles. The molecule has 4 aliphatic rings. The van der Waals surface area contributed by atoms with Crippen molar-refractivity contribution >= 4 is 70.4 Å². The van der Waals surface area contributed by atoms with Gasteiger partial charge in [-0.3, -0.25) is 34.3 Å². The lowest BCUT2D eigenvalue weighted by atomic mass is 9.82. The molecule has 6 rings (SSSR count). The molecule has 1 aliphatic carbocycles. The highest BCUT2D eigenvalue weighted by Gasteiger charge is 2.52. The Hall–Kier alpha value is -4.30. The summed E-state index contributed by atoms with van der Waals surface area (Å²) < 4.78 is 41.2. The Balaban J connectivity index is 0.00000641. The first kappa shape index (κ1) is 44.8. The predicted octanol–water partition coefficient (Wildman–Crippen LogP) is 6.30. The van der Waals surface area contributed by atoms with Gasteiger partial charge in [0.05, 0.1) is 29.4 Å². The molecule has 1 unspecified atom stereocenters. The highest BCUT2D eigenvalue weighted by Crippen LogP contribution is 2.41. The van der Waals surface area contributed by atoms with Gasteiger partial charge in [-0.15, -0.1) is 12.4 Å². The molecule has 17 heteroatoms. The number of anilines is 3. The number of thiocarbonyl (C=S) groups is 1. The molecular formula is C41H52ClF3N8O4S. The van der Waals surface area contributed by atoms with Gasteiger partial charge in [-0.1, -0.05) is 6.07 Å². The zero-order valence-corrected chi connectivity index (χ0v) is 34.9. The Labute approximate surface area is 349 Å². The molecule has 3 N–H and O–H groups in total. The second-order valence-electron chi connectivity index (χ2n) is 16.4. The molecule has 3 saturated heterocycles. The summed E-state index contributed by atoms with van der Waals surface area (Å²) in [4.78, 5) is 58.2. The molecule has 58 heavy (non-hydrogen) atoms. The number of benzene rings is 2. The summed E-state index contributed by atoms with van der Waals surface area (Å²) in [5.74, 6) is -0.603. The Bertz CT molecular complexity index is 1920. The van der Waals surface area contributed by atoms with Crippen LogP contribution < -0.4 is 20.9 Å². The van der Waals surface area contributed by atoms with Crippen LogP contribution in [-0.4, -0.2) is 99.3 Å². The van der Waals surface area contributed by atoms with Gasteiger partial charge in [-0.05, 0) is 134 Å². The third kappa shape index (κ3) is 9.93. The minimum atomic E-state index is -4.75. The standard InChI is InChI=1S/C41H51F3N8O4S.ClH/c1-25-22-49(23-26(2)50(25)24-36(54)47-30-9-5-8-29(19-30)46-34-16-17-35(53)48-37(34)55)18-6-7-27-10-13-31(14-11-27)52-39(57)51(38(56)40(52,3)4)32-15-12-28(21-45)33(20-32)41(42,43)44;/h5,8-9,12,15,19-20,25-27,31,34,46H,6-7,10-11,13-14,16-18,22-24H2,1-4H3,(H,47,54)(H,48,53,55);1H/t25-,26+,27?,31?,34?;. The number of amides is 4. The zero-order valence-electron chi connectivity index (χ0n) is 33.2. The van der Waals surface area contributed by atoms with Gasteiger partial charge >= 0.3 is 6.18 Å². The average molecular weight is 845 g/mol. The van der Waals surface area contributed by atoms with Crippen LogP contribution in [0.5, 0.6) is 0 Å². The van der Waals surface area contributed by atoms with Gasteiger partial charge in [0.25, 0.3) is 5.91 Å². The van der Waals surface area contributed by atoms with Crippen LogP contribution in [0.1, 0.15) is 90.2 Å². The minimum Gasteiger partial charge on any atom is -0.374 e. The second kappa shape index (κ2) is 18.3. The molecule has 3 aliphatic heterocycles. The summed E-state index contributed by atoms with van der Waals surface area (Å²) >= 11 is 5.77. The predicted molar refractivity (Wildman–Crippen MR) is 221 cm³/mol. The lowest BCUT2D eigenvalue weighted by molar-refractivity contribution is -0.138. The van der Waals surface area contributed by atoms with Gasteiger partial charge in [-0.25, -0.2) is 0 Å². The lowest BCUT2D eigenvalue weighted by Crippen LogP contribution is -2.58. The highest BCUT2D eigenvalue weighted by molar-refractivity contribution is 7.80. The fraction of sp³-hybridized carbons (Fsp3) is 0.561. The van der Waals surface area contributed by atoms with Crippen LogP contribution >= 0.6 is 24.6 Å². The molecule has 314 valence electrons. The minimum absolute atomic E-state index is 0. The Morgan fingerprint density at radius 1 is 1.00 bits per heavy atom. The van der Waals surface area contributed by atoms with Crippen LogP contribution in [0.4, 0.5) is 30.2 Å². The zero-order chi connectivity index (χ0) is 41.2. The fourth-order valence-electron chi connectivity index (χ4n) is 9.00. The van der Waals surface area contributed by atoms with Gasteiger partial charge < -0.3 is 20.4 Å². The molecule has 0 bridgehead atoms. The van der Waals surface area contributed by atoms with Crippen LogP contribution in [0.3, 0.4) is 0 Å². The number of nitriles is 1. The van der Waals surface area contributed by atoms with Gasteiger partial charge in [0.1, 0.15) is 11.6 Å². The quantitative estimate of drug-likeness (QED) is 0.175. The molecule has 2 aromatic carbocycles. The summed E-state index contributed by atoms with van der Waals surface area (Å²) in [6.45, 7) is 10.7. The molecule has 12 nitrogen and oxygen atoms in total. The molecule has 0 spiro atoms. The van der Waals surface area contributed by atoms with E-state index in [1.807, 2.05) is 11.0 Å². The van der Waals surface area contributed by atoms with Crippen LogP contribution in [0, 0.1) is 17.2 Å². The summed E-state index contributed by atoms with van der Waals surface area (Å²) in [6.07, 6.45) is 1.63. The van der Waals surface area contributed by atoms with Gasteiger partial charge in [-0.2, -0.15) is 18.4 Å². The Kier molecular flexibility index (Phi) is 14.1.